The zero-order valence-electron chi connectivity index (χ0n) is 12.7. The minimum atomic E-state index is -0.246. The first-order valence-electron chi connectivity index (χ1n) is 7.78. The van der Waals surface area contributed by atoms with E-state index in [9.17, 15) is 9.59 Å². The molecule has 2 fully saturated rings. The summed E-state index contributed by atoms with van der Waals surface area (Å²) in [5, 5.41) is 0. The molecule has 3 rings (SSSR count). The molecule has 1 unspecified atom stereocenters. The van der Waals surface area contributed by atoms with E-state index in [1.807, 2.05) is 24.3 Å². The molecule has 1 aromatic carbocycles. The molecule has 0 N–H and O–H groups in total. The van der Waals surface area contributed by atoms with Gasteiger partial charge in [-0.3, -0.25) is 9.59 Å². The average molecular weight is 286 g/mol. The highest BCUT2D eigenvalue weighted by atomic mass is 16.2. The highest BCUT2D eigenvalue weighted by Gasteiger charge is 2.40. The number of hydrogen-bond donors (Lipinski definition) is 0. The van der Waals surface area contributed by atoms with E-state index in [-0.39, 0.29) is 24.4 Å². The van der Waals surface area contributed by atoms with E-state index < -0.39 is 0 Å². The van der Waals surface area contributed by atoms with E-state index in [1.165, 1.54) is 5.56 Å². The number of amides is 2. The van der Waals surface area contributed by atoms with Gasteiger partial charge in [-0.25, -0.2) is 0 Å². The minimum Gasteiger partial charge on any atom is -0.329 e. The summed E-state index contributed by atoms with van der Waals surface area (Å²) in [7, 11) is 0. The number of benzene rings is 1. The highest BCUT2D eigenvalue weighted by molar-refractivity contribution is 6.06. The molecule has 0 saturated carbocycles. The van der Waals surface area contributed by atoms with Crippen molar-refractivity contribution in [3.63, 3.8) is 0 Å². The molecule has 2 amide bonds. The van der Waals surface area contributed by atoms with Crippen LogP contribution in [0.4, 0.5) is 5.69 Å². The number of piperazine rings is 1. The van der Waals surface area contributed by atoms with Crippen LogP contribution in [-0.4, -0.2) is 35.8 Å². The Hall–Kier alpha value is -1.84. The second-order valence-corrected chi connectivity index (χ2v) is 6.27. The maximum atomic E-state index is 12.7. The van der Waals surface area contributed by atoms with Crippen LogP contribution in [0, 0.1) is 0 Å². The minimum absolute atomic E-state index is 0.0756. The molecule has 1 atom stereocenters. The number of anilines is 1. The smallest absolute Gasteiger partial charge is 0.250 e. The number of hydrogen-bond acceptors (Lipinski definition) is 2. The quantitative estimate of drug-likeness (QED) is 0.838. The van der Waals surface area contributed by atoms with Gasteiger partial charge in [0.25, 0.3) is 0 Å². The summed E-state index contributed by atoms with van der Waals surface area (Å²) in [6.45, 7) is 5.20. The van der Waals surface area contributed by atoms with Gasteiger partial charge in [-0.2, -0.15) is 0 Å². The van der Waals surface area contributed by atoms with Crippen molar-refractivity contribution in [1.82, 2.24) is 4.90 Å². The number of piperidine rings is 1. The zero-order valence-corrected chi connectivity index (χ0v) is 12.7. The summed E-state index contributed by atoms with van der Waals surface area (Å²) in [6.07, 6.45) is 2.84. The molecule has 2 heterocycles. The van der Waals surface area contributed by atoms with Gasteiger partial charge in [0, 0.05) is 12.2 Å². The van der Waals surface area contributed by atoms with Crippen LogP contribution in [0.2, 0.25) is 0 Å². The highest BCUT2D eigenvalue weighted by Crippen LogP contribution is 2.27. The molecule has 2 aliphatic heterocycles. The first-order chi connectivity index (χ1) is 10.1. The van der Waals surface area contributed by atoms with Crippen molar-refractivity contribution < 1.29 is 9.59 Å². The van der Waals surface area contributed by atoms with Crippen molar-refractivity contribution in [1.29, 1.82) is 0 Å². The number of carbonyl (C=O) groups excluding carboxylic acids is 2. The van der Waals surface area contributed by atoms with E-state index in [1.54, 1.807) is 9.80 Å². The monoisotopic (exact) mass is 286 g/mol. The Kier molecular flexibility index (Phi) is 3.70. The second kappa shape index (κ2) is 5.51. The second-order valence-electron chi connectivity index (χ2n) is 6.27. The topological polar surface area (TPSA) is 40.6 Å². The van der Waals surface area contributed by atoms with Crippen LogP contribution < -0.4 is 4.90 Å². The van der Waals surface area contributed by atoms with Crippen LogP contribution in [0.3, 0.4) is 0 Å². The van der Waals surface area contributed by atoms with Gasteiger partial charge in [-0.15, -0.1) is 0 Å². The SMILES string of the molecule is CC(C)c1ccc(N2CC(=O)N3CCCCC3C2=O)cc1. The standard InChI is InChI=1S/C17H22N2O2/c1-12(2)13-6-8-14(9-7-13)19-11-16(20)18-10-4-3-5-15(18)17(19)21/h6-9,12,15H,3-5,10-11H2,1-2H3. The molecule has 4 nitrogen and oxygen atoms in total. The van der Waals surface area contributed by atoms with Crippen molar-refractivity contribution >= 4 is 17.5 Å². The van der Waals surface area contributed by atoms with Gasteiger partial charge in [0.2, 0.25) is 11.8 Å². The van der Waals surface area contributed by atoms with Crippen molar-refractivity contribution in [2.75, 3.05) is 18.0 Å². The molecule has 1 aromatic rings. The lowest BCUT2D eigenvalue weighted by molar-refractivity contribution is -0.144. The molecular weight excluding hydrogens is 264 g/mol. The number of fused-ring (bicyclic) bond motifs is 1. The van der Waals surface area contributed by atoms with Crippen LogP contribution >= 0.6 is 0 Å². The Bertz CT molecular complexity index is 550. The third-order valence-electron chi connectivity index (χ3n) is 4.54. The zero-order chi connectivity index (χ0) is 15.0. The summed E-state index contributed by atoms with van der Waals surface area (Å²) < 4.78 is 0. The molecular formula is C17H22N2O2. The van der Waals surface area contributed by atoms with Gasteiger partial charge in [-0.05, 0) is 42.9 Å². The van der Waals surface area contributed by atoms with E-state index in [0.717, 1.165) is 31.5 Å². The molecule has 2 saturated heterocycles. The molecule has 21 heavy (non-hydrogen) atoms. The van der Waals surface area contributed by atoms with Gasteiger partial charge < -0.3 is 9.80 Å². The molecule has 0 aromatic heterocycles. The number of nitrogens with zero attached hydrogens (tertiary/aromatic N) is 2. The fourth-order valence-electron chi connectivity index (χ4n) is 3.23. The maximum Gasteiger partial charge on any atom is 0.250 e. The first kappa shape index (κ1) is 14.1. The fourth-order valence-corrected chi connectivity index (χ4v) is 3.23. The maximum absolute atomic E-state index is 12.7. The predicted octanol–water partition coefficient (Wildman–Crippen LogP) is 2.54. The van der Waals surface area contributed by atoms with Crippen molar-refractivity contribution in [3.8, 4) is 0 Å². The third kappa shape index (κ3) is 2.55. The lowest BCUT2D eigenvalue weighted by Gasteiger charge is -2.42. The predicted molar refractivity (Wildman–Crippen MR) is 82.2 cm³/mol. The number of carbonyl (C=O) groups is 2. The lowest BCUT2D eigenvalue weighted by atomic mass is 9.97. The van der Waals surface area contributed by atoms with Crippen LogP contribution in [0.15, 0.2) is 24.3 Å². The Morgan fingerprint density at radius 1 is 1.10 bits per heavy atom. The summed E-state index contributed by atoms with van der Waals surface area (Å²) in [5.41, 5.74) is 2.08. The van der Waals surface area contributed by atoms with Crippen LogP contribution in [0.25, 0.3) is 0 Å². The average Bonchev–Trinajstić information content (AvgIpc) is 2.51. The molecule has 2 aliphatic rings. The molecule has 0 spiro atoms. The van der Waals surface area contributed by atoms with E-state index in [2.05, 4.69) is 13.8 Å². The molecule has 112 valence electrons. The van der Waals surface area contributed by atoms with Gasteiger partial charge >= 0.3 is 0 Å². The van der Waals surface area contributed by atoms with Crippen molar-refractivity contribution in [2.45, 2.75) is 45.1 Å². The van der Waals surface area contributed by atoms with Crippen LogP contribution in [0.5, 0.6) is 0 Å². The normalized spacial score (nSPS) is 22.7. The van der Waals surface area contributed by atoms with E-state index in [4.69, 9.17) is 0 Å². The molecule has 4 heteroatoms. The third-order valence-corrected chi connectivity index (χ3v) is 4.54. The van der Waals surface area contributed by atoms with Crippen molar-refractivity contribution in [2.24, 2.45) is 0 Å². The Labute approximate surface area is 125 Å². The van der Waals surface area contributed by atoms with Crippen LogP contribution in [0.1, 0.15) is 44.6 Å². The number of rotatable bonds is 2. The fraction of sp³-hybridized carbons (Fsp3) is 0.529. The largest absolute Gasteiger partial charge is 0.329 e. The van der Waals surface area contributed by atoms with Gasteiger partial charge in [0.1, 0.15) is 12.6 Å². The van der Waals surface area contributed by atoms with E-state index in [0.29, 0.717) is 5.92 Å². The van der Waals surface area contributed by atoms with Gasteiger partial charge in [-0.1, -0.05) is 26.0 Å². The van der Waals surface area contributed by atoms with Gasteiger partial charge in [0.05, 0.1) is 0 Å². The summed E-state index contributed by atoms with van der Waals surface area (Å²) in [6, 6.07) is 7.76. The Morgan fingerprint density at radius 2 is 1.81 bits per heavy atom. The lowest BCUT2D eigenvalue weighted by Crippen LogP contribution is -2.61. The van der Waals surface area contributed by atoms with Crippen molar-refractivity contribution in [3.05, 3.63) is 29.8 Å². The molecule has 0 aliphatic carbocycles. The summed E-state index contributed by atoms with van der Waals surface area (Å²) in [4.78, 5) is 28.3. The van der Waals surface area contributed by atoms with E-state index >= 15 is 0 Å². The Balaban J connectivity index is 1.84. The van der Waals surface area contributed by atoms with Crippen LogP contribution in [-0.2, 0) is 9.59 Å². The van der Waals surface area contributed by atoms with Gasteiger partial charge in [0.15, 0.2) is 0 Å². The Morgan fingerprint density at radius 3 is 2.48 bits per heavy atom. The first-order valence-corrected chi connectivity index (χ1v) is 7.78. The molecule has 0 radical (unpaired) electrons. The molecule has 0 bridgehead atoms. The summed E-state index contributed by atoms with van der Waals surface area (Å²) in [5.74, 6) is 0.616. The summed E-state index contributed by atoms with van der Waals surface area (Å²) >= 11 is 0.